The predicted octanol–water partition coefficient (Wildman–Crippen LogP) is 2.84. The van der Waals surface area contributed by atoms with Crippen LogP contribution < -0.4 is 0 Å². The van der Waals surface area contributed by atoms with Gasteiger partial charge in [0.2, 0.25) is 0 Å². The summed E-state index contributed by atoms with van der Waals surface area (Å²) in [5.74, 6) is 0. The second-order valence-corrected chi connectivity index (χ2v) is 3.20. The zero-order valence-corrected chi connectivity index (χ0v) is 7.53. The normalized spacial score (nSPS) is 13.3. The van der Waals surface area contributed by atoms with Crippen molar-refractivity contribution in [1.82, 2.24) is 10.2 Å². The van der Waals surface area contributed by atoms with Crippen LogP contribution in [0.15, 0.2) is 12.3 Å². The summed E-state index contributed by atoms with van der Waals surface area (Å²) in [6.45, 7) is 2.17. The molecule has 1 rings (SSSR count). The quantitative estimate of drug-likeness (QED) is 0.737. The van der Waals surface area contributed by atoms with Crippen molar-refractivity contribution in [3.63, 3.8) is 0 Å². The van der Waals surface area contributed by atoms with Gasteiger partial charge < -0.3 is 0 Å². The number of aromatic nitrogens is 2. The third-order valence-corrected chi connectivity index (χ3v) is 2.15. The van der Waals surface area contributed by atoms with Gasteiger partial charge >= 0.3 is 0 Å². The molecule has 1 heterocycles. The second kappa shape index (κ2) is 4.44. The lowest BCUT2D eigenvalue weighted by molar-refractivity contribution is 0.697. The minimum atomic E-state index is 0.196. The molecule has 0 saturated heterocycles. The van der Waals surface area contributed by atoms with Crippen LogP contribution in [0.2, 0.25) is 0 Å². The second-order valence-electron chi connectivity index (χ2n) is 2.63. The molecule has 1 radical (unpaired) electrons. The van der Waals surface area contributed by atoms with E-state index in [1.54, 1.807) is 0 Å². The van der Waals surface area contributed by atoms with E-state index in [1.807, 2.05) is 12.3 Å². The average molecular weight is 169 g/mol. The number of unbranched alkanes of at least 4 members (excludes halogenated alkanes) is 1. The topological polar surface area (TPSA) is 28.7 Å². The number of nitrogens with one attached hydrogen (secondary N) is 1. The monoisotopic (exact) mass is 169 g/mol. The number of hydrogen-bond donors (Lipinski definition) is 1. The van der Waals surface area contributed by atoms with Crippen LogP contribution in [-0.2, 0) is 0 Å². The van der Waals surface area contributed by atoms with Crippen LogP contribution in [0.1, 0.15) is 37.1 Å². The van der Waals surface area contributed by atoms with Crippen LogP contribution in [0, 0.1) is 0 Å². The number of aromatic amines is 1. The van der Waals surface area contributed by atoms with E-state index in [1.165, 1.54) is 12.8 Å². The maximum absolute atomic E-state index is 5.24. The van der Waals surface area contributed by atoms with Gasteiger partial charge in [-0.05, 0) is 12.5 Å². The smallest absolute Gasteiger partial charge is 0.0760 e. The maximum atomic E-state index is 5.24. The molecule has 0 aliphatic rings. The lowest BCUT2D eigenvalue weighted by Crippen LogP contribution is -1.90. The first-order valence-corrected chi connectivity index (χ1v) is 4.47. The van der Waals surface area contributed by atoms with Crippen LogP contribution in [-0.4, -0.2) is 10.2 Å². The highest BCUT2D eigenvalue weighted by atomic mass is 32.1. The Bertz CT molecular complexity index is 184. The zero-order valence-electron chi connectivity index (χ0n) is 6.71. The zero-order chi connectivity index (χ0) is 8.10. The van der Waals surface area contributed by atoms with E-state index in [0.29, 0.717) is 0 Å². The highest BCUT2D eigenvalue weighted by molar-refractivity contribution is 7.80. The van der Waals surface area contributed by atoms with Gasteiger partial charge in [-0.25, -0.2) is 0 Å². The Morgan fingerprint density at radius 3 is 3.09 bits per heavy atom. The summed E-state index contributed by atoms with van der Waals surface area (Å²) in [7, 11) is 0. The number of H-pyrrole nitrogens is 1. The van der Waals surface area contributed by atoms with Crippen LogP contribution in [0.5, 0.6) is 0 Å². The summed E-state index contributed by atoms with van der Waals surface area (Å²) >= 11 is 5.24. The molecular formula is C8H13N2S. The lowest BCUT2D eigenvalue weighted by Gasteiger charge is -2.03. The molecule has 1 atom stereocenters. The minimum Gasteiger partial charge on any atom is -0.285 e. The molecule has 3 heteroatoms. The third kappa shape index (κ3) is 2.58. The number of nitrogens with zero attached hydrogens (tertiary/aromatic N) is 1. The molecule has 0 spiro atoms. The molecule has 0 aromatic carbocycles. The van der Waals surface area contributed by atoms with Gasteiger partial charge in [0.25, 0.3) is 0 Å². The number of hydrogen-bond acceptors (Lipinski definition) is 1. The summed E-state index contributed by atoms with van der Waals surface area (Å²) < 4.78 is 0. The largest absolute Gasteiger partial charge is 0.285 e. The van der Waals surface area contributed by atoms with Crippen molar-refractivity contribution in [3.05, 3.63) is 18.0 Å². The number of rotatable bonds is 4. The molecular weight excluding hydrogens is 156 g/mol. The van der Waals surface area contributed by atoms with Gasteiger partial charge in [-0.1, -0.05) is 32.4 Å². The van der Waals surface area contributed by atoms with Gasteiger partial charge in [0.05, 0.1) is 10.9 Å². The van der Waals surface area contributed by atoms with Crippen molar-refractivity contribution < 1.29 is 0 Å². The Morgan fingerprint density at radius 1 is 1.73 bits per heavy atom. The maximum Gasteiger partial charge on any atom is 0.0760 e. The van der Waals surface area contributed by atoms with Gasteiger partial charge in [0, 0.05) is 6.20 Å². The molecule has 1 unspecified atom stereocenters. The Labute approximate surface area is 72.8 Å². The average Bonchev–Trinajstić information content (AvgIpc) is 2.52. The Balaban J connectivity index is 2.36. The Hall–Kier alpha value is -0.440. The van der Waals surface area contributed by atoms with Crippen LogP contribution in [0.25, 0.3) is 0 Å². The molecule has 11 heavy (non-hydrogen) atoms. The van der Waals surface area contributed by atoms with Crippen molar-refractivity contribution in [3.8, 4) is 0 Å². The highest BCUT2D eigenvalue weighted by Crippen LogP contribution is 2.22. The first kappa shape index (κ1) is 8.65. The molecule has 0 aliphatic heterocycles. The van der Waals surface area contributed by atoms with E-state index < -0.39 is 0 Å². The summed E-state index contributed by atoms with van der Waals surface area (Å²) in [4.78, 5) is 0. The van der Waals surface area contributed by atoms with Gasteiger partial charge in [-0.15, -0.1) is 0 Å². The van der Waals surface area contributed by atoms with Crippen molar-refractivity contribution >= 4 is 12.6 Å². The van der Waals surface area contributed by atoms with Crippen LogP contribution >= 0.6 is 12.6 Å². The summed E-state index contributed by atoms with van der Waals surface area (Å²) in [5.41, 5.74) is 1.01. The molecule has 1 aromatic rings. The van der Waals surface area contributed by atoms with E-state index in [2.05, 4.69) is 17.1 Å². The van der Waals surface area contributed by atoms with Crippen molar-refractivity contribution in [1.29, 1.82) is 0 Å². The lowest BCUT2D eigenvalue weighted by atomic mass is 10.1. The SMILES string of the molecule is CCCCC([S])c1cc[nH]n1. The Kier molecular flexibility index (Phi) is 3.49. The molecule has 0 amide bonds. The standard InChI is InChI=1S/C8H13N2S/c1-2-3-4-8(11)7-5-6-9-10-7/h5-6,8H,2-4H2,1H3,(H,9,10). The van der Waals surface area contributed by atoms with E-state index >= 15 is 0 Å². The van der Waals surface area contributed by atoms with Crippen molar-refractivity contribution in [2.45, 2.75) is 31.4 Å². The fourth-order valence-electron chi connectivity index (χ4n) is 0.988. The molecule has 2 nitrogen and oxygen atoms in total. The first-order valence-electron chi connectivity index (χ1n) is 4.00. The summed E-state index contributed by atoms with van der Waals surface area (Å²) in [5, 5.41) is 7.01. The van der Waals surface area contributed by atoms with E-state index in [-0.39, 0.29) is 5.25 Å². The summed E-state index contributed by atoms with van der Waals surface area (Å²) in [6.07, 6.45) is 5.29. The summed E-state index contributed by atoms with van der Waals surface area (Å²) in [6, 6.07) is 1.95. The first-order chi connectivity index (χ1) is 5.34. The van der Waals surface area contributed by atoms with Crippen LogP contribution in [0.4, 0.5) is 0 Å². The molecule has 61 valence electrons. The fourth-order valence-corrected chi connectivity index (χ4v) is 1.29. The molecule has 0 fully saturated rings. The molecule has 0 aliphatic carbocycles. The Morgan fingerprint density at radius 2 is 2.55 bits per heavy atom. The predicted molar refractivity (Wildman–Crippen MR) is 48.4 cm³/mol. The third-order valence-electron chi connectivity index (χ3n) is 1.67. The van der Waals surface area contributed by atoms with Crippen molar-refractivity contribution in [2.24, 2.45) is 0 Å². The van der Waals surface area contributed by atoms with Gasteiger partial charge in [0.15, 0.2) is 0 Å². The molecule has 1 N–H and O–H groups in total. The van der Waals surface area contributed by atoms with Gasteiger partial charge in [-0.3, -0.25) is 5.10 Å². The van der Waals surface area contributed by atoms with Crippen molar-refractivity contribution in [2.75, 3.05) is 0 Å². The fraction of sp³-hybridized carbons (Fsp3) is 0.625. The van der Waals surface area contributed by atoms with E-state index in [4.69, 9.17) is 12.6 Å². The highest BCUT2D eigenvalue weighted by Gasteiger charge is 2.07. The van der Waals surface area contributed by atoms with Gasteiger partial charge in [-0.2, -0.15) is 5.10 Å². The van der Waals surface area contributed by atoms with E-state index in [0.717, 1.165) is 12.1 Å². The molecule has 0 saturated carbocycles. The molecule has 1 aromatic heterocycles. The molecule has 0 bridgehead atoms. The van der Waals surface area contributed by atoms with E-state index in [9.17, 15) is 0 Å². The van der Waals surface area contributed by atoms with Gasteiger partial charge in [0.1, 0.15) is 0 Å². The van der Waals surface area contributed by atoms with Crippen LogP contribution in [0.3, 0.4) is 0 Å². The minimum absolute atomic E-state index is 0.196.